The summed E-state index contributed by atoms with van der Waals surface area (Å²) in [6.45, 7) is 1.60. The second-order valence-electron chi connectivity index (χ2n) is 3.61. The van der Waals surface area contributed by atoms with E-state index in [2.05, 4.69) is 15.0 Å². The molecule has 5 nitrogen and oxygen atoms in total. The van der Waals surface area contributed by atoms with Crippen molar-refractivity contribution in [2.45, 2.75) is 0 Å². The molecule has 1 heterocycles. The van der Waals surface area contributed by atoms with Gasteiger partial charge in [-0.2, -0.15) is 0 Å². The first-order chi connectivity index (χ1) is 7.54. The highest BCUT2D eigenvalue weighted by molar-refractivity contribution is 7.92. The van der Waals surface area contributed by atoms with Crippen molar-refractivity contribution in [2.24, 2.45) is 4.99 Å². The predicted octanol–water partition coefficient (Wildman–Crippen LogP) is 0.408. The number of nitrogens with one attached hydrogen (secondary N) is 2. The van der Waals surface area contributed by atoms with Crippen molar-refractivity contribution in [2.75, 3.05) is 24.1 Å². The summed E-state index contributed by atoms with van der Waals surface area (Å²) in [5.74, 6) is 0.817. The van der Waals surface area contributed by atoms with Crippen LogP contribution in [0.25, 0.3) is 0 Å². The van der Waals surface area contributed by atoms with E-state index in [1.807, 2.05) is 6.07 Å². The predicted molar refractivity (Wildman–Crippen MR) is 64.3 cm³/mol. The quantitative estimate of drug-likeness (QED) is 0.802. The highest BCUT2D eigenvalue weighted by Crippen LogP contribution is 2.13. The highest BCUT2D eigenvalue weighted by Gasteiger charge is 2.09. The number of sulfonamides is 1. The van der Waals surface area contributed by atoms with Crippen molar-refractivity contribution < 1.29 is 8.42 Å². The Balaban J connectivity index is 2.26. The zero-order valence-electron chi connectivity index (χ0n) is 8.90. The lowest BCUT2D eigenvalue weighted by atomic mass is 10.2. The van der Waals surface area contributed by atoms with Crippen LogP contribution in [0.15, 0.2) is 29.3 Å². The minimum Gasteiger partial charge on any atom is -0.368 e. The van der Waals surface area contributed by atoms with E-state index in [0.717, 1.165) is 30.7 Å². The Morgan fingerprint density at radius 3 is 2.88 bits per heavy atom. The lowest BCUT2D eigenvalue weighted by molar-refractivity contribution is 0.607. The molecule has 86 valence electrons. The molecule has 0 amide bonds. The zero-order valence-corrected chi connectivity index (χ0v) is 9.71. The van der Waals surface area contributed by atoms with Gasteiger partial charge < -0.3 is 5.32 Å². The molecular weight excluding hydrogens is 226 g/mol. The first-order valence-corrected chi connectivity index (χ1v) is 6.80. The van der Waals surface area contributed by atoms with Gasteiger partial charge in [-0.15, -0.1) is 0 Å². The van der Waals surface area contributed by atoms with E-state index in [0.29, 0.717) is 5.69 Å². The Bertz CT molecular complexity index is 523. The Morgan fingerprint density at radius 2 is 2.25 bits per heavy atom. The number of aliphatic imine (C=N–C) groups is 1. The van der Waals surface area contributed by atoms with E-state index in [9.17, 15) is 8.42 Å². The van der Waals surface area contributed by atoms with Gasteiger partial charge in [-0.1, -0.05) is 12.1 Å². The fourth-order valence-corrected chi connectivity index (χ4v) is 2.09. The SMILES string of the molecule is CS(=O)(=O)Nc1cccc(C2=NCCN2)c1. The molecule has 0 saturated heterocycles. The minimum absolute atomic E-state index is 0.552. The van der Waals surface area contributed by atoms with Crippen molar-refractivity contribution in [3.05, 3.63) is 29.8 Å². The first kappa shape index (κ1) is 10.9. The van der Waals surface area contributed by atoms with E-state index in [1.165, 1.54) is 0 Å². The molecule has 6 heteroatoms. The van der Waals surface area contributed by atoms with Crippen LogP contribution in [0.2, 0.25) is 0 Å². The van der Waals surface area contributed by atoms with Crippen molar-refractivity contribution >= 4 is 21.5 Å². The van der Waals surface area contributed by atoms with Crippen LogP contribution in [0.5, 0.6) is 0 Å². The normalized spacial score (nSPS) is 15.4. The monoisotopic (exact) mass is 239 g/mol. The molecule has 0 unspecified atom stereocenters. The molecule has 1 aromatic carbocycles. The Kier molecular flexibility index (Phi) is 2.82. The maximum atomic E-state index is 11.1. The van der Waals surface area contributed by atoms with Crippen LogP contribution in [0.1, 0.15) is 5.56 Å². The average molecular weight is 239 g/mol. The van der Waals surface area contributed by atoms with E-state index >= 15 is 0 Å². The number of anilines is 1. The number of hydrogen-bond acceptors (Lipinski definition) is 4. The molecule has 0 spiro atoms. The van der Waals surface area contributed by atoms with Gasteiger partial charge in [-0.25, -0.2) is 8.42 Å². The van der Waals surface area contributed by atoms with Gasteiger partial charge in [-0.05, 0) is 12.1 Å². The maximum absolute atomic E-state index is 11.1. The molecule has 2 N–H and O–H groups in total. The topological polar surface area (TPSA) is 70.6 Å². The molecule has 1 aliphatic rings. The third kappa shape index (κ3) is 2.73. The van der Waals surface area contributed by atoms with Gasteiger partial charge in [0.05, 0.1) is 12.8 Å². The maximum Gasteiger partial charge on any atom is 0.229 e. The van der Waals surface area contributed by atoms with Crippen LogP contribution in [-0.2, 0) is 10.0 Å². The number of amidine groups is 1. The summed E-state index contributed by atoms with van der Waals surface area (Å²) in [4.78, 5) is 4.27. The van der Waals surface area contributed by atoms with E-state index in [1.54, 1.807) is 18.2 Å². The van der Waals surface area contributed by atoms with Gasteiger partial charge in [0.15, 0.2) is 0 Å². The lowest BCUT2D eigenvalue weighted by Crippen LogP contribution is -2.19. The van der Waals surface area contributed by atoms with Crippen LogP contribution < -0.4 is 10.0 Å². The number of benzene rings is 1. The van der Waals surface area contributed by atoms with Gasteiger partial charge in [0.1, 0.15) is 5.84 Å². The largest absolute Gasteiger partial charge is 0.368 e. The van der Waals surface area contributed by atoms with Gasteiger partial charge in [0.25, 0.3) is 0 Å². The van der Waals surface area contributed by atoms with Crippen LogP contribution in [0.4, 0.5) is 5.69 Å². The van der Waals surface area contributed by atoms with Crippen molar-refractivity contribution in [3.8, 4) is 0 Å². The summed E-state index contributed by atoms with van der Waals surface area (Å²) < 4.78 is 24.6. The second-order valence-corrected chi connectivity index (χ2v) is 5.36. The van der Waals surface area contributed by atoms with Crippen molar-refractivity contribution in [1.29, 1.82) is 0 Å². The van der Waals surface area contributed by atoms with Crippen LogP contribution in [0.3, 0.4) is 0 Å². The molecule has 0 saturated carbocycles. The van der Waals surface area contributed by atoms with Crippen molar-refractivity contribution in [3.63, 3.8) is 0 Å². The highest BCUT2D eigenvalue weighted by atomic mass is 32.2. The number of rotatable bonds is 3. The van der Waals surface area contributed by atoms with Crippen LogP contribution >= 0.6 is 0 Å². The van der Waals surface area contributed by atoms with Crippen molar-refractivity contribution in [1.82, 2.24) is 5.32 Å². The standard InChI is InChI=1S/C10H13N3O2S/c1-16(14,15)13-9-4-2-3-8(7-9)10-11-5-6-12-10/h2-4,7,13H,5-6H2,1H3,(H,11,12). The van der Waals surface area contributed by atoms with E-state index in [-0.39, 0.29) is 0 Å². The lowest BCUT2D eigenvalue weighted by Gasteiger charge is -2.06. The third-order valence-corrected chi connectivity index (χ3v) is 2.72. The summed E-state index contributed by atoms with van der Waals surface area (Å²) in [6.07, 6.45) is 1.13. The molecule has 1 aliphatic heterocycles. The first-order valence-electron chi connectivity index (χ1n) is 4.91. The molecule has 1 aromatic rings. The van der Waals surface area contributed by atoms with Crippen LogP contribution in [-0.4, -0.2) is 33.6 Å². The summed E-state index contributed by atoms with van der Waals surface area (Å²) in [7, 11) is -3.23. The Labute approximate surface area is 94.6 Å². The molecule has 0 fully saturated rings. The second kappa shape index (κ2) is 4.13. The molecule has 2 rings (SSSR count). The molecule has 0 atom stereocenters. The fraction of sp³-hybridized carbons (Fsp3) is 0.300. The summed E-state index contributed by atoms with van der Waals surface area (Å²) in [6, 6.07) is 7.16. The van der Waals surface area contributed by atoms with E-state index in [4.69, 9.17) is 0 Å². The smallest absolute Gasteiger partial charge is 0.229 e. The molecule has 0 aliphatic carbocycles. The third-order valence-electron chi connectivity index (χ3n) is 2.11. The molecule has 0 aromatic heterocycles. The van der Waals surface area contributed by atoms with Gasteiger partial charge in [0, 0.05) is 17.8 Å². The summed E-state index contributed by atoms with van der Waals surface area (Å²) >= 11 is 0. The van der Waals surface area contributed by atoms with Crippen LogP contribution in [0, 0.1) is 0 Å². The van der Waals surface area contributed by atoms with E-state index < -0.39 is 10.0 Å². The molecular formula is C10H13N3O2S. The zero-order chi connectivity index (χ0) is 11.6. The Hall–Kier alpha value is -1.56. The summed E-state index contributed by atoms with van der Waals surface area (Å²) in [5, 5.41) is 3.14. The number of hydrogen-bond donors (Lipinski definition) is 2. The Morgan fingerprint density at radius 1 is 1.44 bits per heavy atom. The minimum atomic E-state index is -3.23. The van der Waals surface area contributed by atoms with Gasteiger partial charge in [-0.3, -0.25) is 9.71 Å². The average Bonchev–Trinajstić information content (AvgIpc) is 2.68. The molecule has 0 bridgehead atoms. The fourth-order valence-electron chi connectivity index (χ4n) is 1.54. The molecule has 0 radical (unpaired) electrons. The van der Waals surface area contributed by atoms with Gasteiger partial charge >= 0.3 is 0 Å². The molecule has 16 heavy (non-hydrogen) atoms. The number of nitrogens with zero attached hydrogens (tertiary/aromatic N) is 1. The van der Waals surface area contributed by atoms with Gasteiger partial charge in [0.2, 0.25) is 10.0 Å². The summed E-state index contributed by atoms with van der Waals surface area (Å²) in [5.41, 5.74) is 1.45.